The Balaban J connectivity index is 0. The average molecular weight is 172 g/mol. The van der Waals surface area contributed by atoms with E-state index in [2.05, 4.69) is 26.0 Å². The molecule has 0 radical (unpaired) electrons. The Kier molecular flexibility index (Phi) is 14.8. The molecule has 0 aromatic heterocycles. The highest BCUT2D eigenvalue weighted by molar-refractivity contribution is 5.66. The van der Waals surface area contributed by atoms with Crippen LogP contribution in [0.3, 0.4) is 0 Å². The van der Waals surface area contributed by atoms with E-state index in [9.17, 15) is 4.79 Å². The summed E-state index contributed by atoms with van der Waals surface area (Å²) >= 11 is 0. The molecular formula is C10H20O2. The predicted molar refractivity (Wildman–Crippen MR) is 52.3 cm³/mol. The smallest absolute Gasteiger partial charge is 0.303 e. The highest BCUT2D eigenvalue weighted by Crippen LogP contribution is 1.93. The van der Waals surface area contributed by atoms with E-state index in [4.69, 9.17) is 5.11 Å². The topological polar surface area (TPSA) is 37.3 Å². The van der Waals surface area contributed by atoms with Crippen molar-refractivity contribution in [2.45, 2.75) is 46.5 Å². The van der Waals surface area contributed by atoms with Gasteiger partial charge in [0.25, 0.3) is 0 Å². The molecule has 0 heterocycles. The molecule has 0 saturated heterocycles. The van der Waals surface area contributed by atoms with Gasteiger partial charge in [-0.15, -0.1) is 0 Å². The van der Waals surface area contributed by atoms with E-state index in [0.29, 0.717) is 0 Å². The fourth-order valence-corrected chi connectivity index (χ4v) is 0.489. The molecule has 0 aliphatic rings. The number of carboxylic acid groups (broad SMARTS) is 1. The summed E-state index contributed by atoms with van der Waals surface area (Å²) in [7, 11) is 0. The maximum absolute atomic E-state index is 9.37. The van der Waals surface area contributed by atoms with Gasteiger partial charge in [-0.3, -0.25) is 4.79 Å². The Labute approximate surface area is 75.3 Å². The first-order valence-corrected chi connectivity index (χ1v) is 4.51. The van der Waals surface area contributed by atoms with Gasteiger partial charge in [-0.25, -0.2) is 0 Å². The monoisotopic (exact) mass is 172 g/mol. The Morgan fingerprint density at radius 2 is 1.92 bits per heavy atom. The number of rotatable bonds is 4. The highest BCUT2D eigenvalue weighted by Gasteiger charge is 1.80. The first kappa shape index (κ1) is 13.8. The minimum Gasteiger partial charge on any atom is -0.481 e. The van der Waals surface area contributed by atoms with E-state index < -0.39 is 5.97 Å². The third-order valence-corrected chi connectivity index (χ3v) is 1.26. The van der Waals surface area contributed by atoms with Crippen LogP contribution in [0.15, 0.2) is 12.2 Å². The van der Waals surface area contributed by atoms with Crippen LogP contribution < -0.4 is 0 Å². The molecule has 2 heteroatoms. The molecule has 0 aliphatic carbocycles. The summed E-state index contributed by atoms with van der Waals surface area (Å²) in [5, 5.41) is 7.72. The van der Waals surface area contributed by atoms with E-state index in [1.54, 1.807) is 6.92 Å². The van der Waals surface area contributed by atoms with Crippen LogP contribution in [0.2, 0.25) is 0 Å². The van der Waals surface area contributed by atoms with Crippen LogP contribution >= 0.6 is 0 Å². The van der Waals surface area contributed by atoms with Crippen LogP contribution in [-0.2, 0) is 4.79 Å². The Hall–Kier alpha value is -0.790. The first-order valence-electron chi connectivity index (χ1n) is 4.51. The van der Waals surface area contributed by atoms with Gasteiger partial charge in [0.2, 0.25) is 0 Å². The lowest BCUT2D eigenvalue weighted by Gasteiger charge is -1.83. The van der Waals surface area contributed by atoms with Crippen LogP contribution in [-0.4, -0.2) is 11.1 Å². The van der Waals surface area contributed by atoms with Crippen molar-refractivity contribution in [2.75, 3.05) is 0 Å². The molecular weight excluding hydrogens is 152 g/mol. The second-order valence-corrected chi connectivity index (χ2v) is 2.46. The Bertz CT molecular complexity index is 117. The molecule has 2 nitrogen and oxygen atoms in total. The lowest BCUT2D eigenvalue weighted by molar-refractivity contribution is -0.136. The van der Waals surface area contributed by atoms with Crippen molar-refractivity contribution in [3.8, 4) is 0 Å². The molecule has 72 valence electrons. The van der Waals surface area contributed by atoms with Gasteiger partial charge in [-0.1, -0.05) is 38.8 Å². The van der Waals surface area contributed by atoms with Crippen molar-refractivity contribution in [3.63, 3.8) is 0 Å². The van der Waals surface area contributed by atoms with Crippen molar-refractivity contribution < 1.29 is 9.90 Å². The Morgan fingerprint density at radius 1 is 1.42 bits per heavy atom. The summed E-state index contributed by atoms with van der Waals surface area (Å²) in [5.41, 5.74) is 0. The maximum atomic E-state index is 9.37. The molecule has 0 saturated carbocycles. The third kappa shape index (κ3) is 22.9. The predicted octanol–water partition coefficient (Wildman–Crippen LogP) is 3.23. The largest absolute Gasteiger partial charge is 0.481 e. The normalized spacial score (nSPS) is 9.25. The fraction of sp³-hybridized carbons (Fsp3) is 0.700. The third-order valence-electron chi connectivity index (χ3n) is 1.26. The van der Waals surface area contributed by atoms with E-state index in [0.717, 1.165) is 0 Å². The number of allylic oxidation sites excluding steroid dienone is 2. The zero-order chi connectivity index (χ0) is 9.82. The number of carboxylic acids is 1. The maximum Gasteiger partial charge on any atom is 0.303 e. The molecule has 0 fully saturated rings. The molecule has 0 spiro atoms. The molecule has 0 aromatic carbocycles. The molecule has 0 rings (SSSR count). The molecule has 1 N–H and O–H groups in total. The molecule has 0 unspecified atom stereocenters. The summed E-state index contributed by atoms with van der Waals surface area (Å²) < 4.78 is 0. The molecule has 0 aliphatic heterocycles. The number of aliphatic carboxylic acids is 1. The van der Waals surface area contributed by atoms with E-state index in [-0.39, 0.29) is 6.42 Å². The standard InChI is InChI=1S/C7H14.C3H6O2/c1-3-5-7-6-4-2;1-2-3(4)5/h3,5H,4,6-7H2,1-2H3;2H2,1H3,(H,4,5). The summed E-state index contributed by atoms with van der Waals surface area (Å²) in [5.74, 6) is -0.745. The summed E-state index contributed by atoms with van der Waals surface area (Å²) in [6.07, 6.45) is 8.45. The van der Waals surface area contributed by atoms with Crippen LogP contribution in [0.1, 0.15) is 46.5 Å². The van der Waals surface area contributed by atoms with Gasteiger partial charge in [0.15, 0.2) is 0 Å². The van der Waals surface area contributed by atoms with Crippen LogP contribution in [0.25, 0.3) is 0 Å². The van der Waals surface area contributed by atoms with Crippen molar-refractivity contribution in [3.05, 3.63) is 12.2 Å². The van der Waals surface area contributed by atoms with E-state index in [1.165, 1.54) is 19.3 Å². The molecule has 0 amide bonds. The van der Waals surface area contributed by atoms with Gasteiger partial charge in [-0.2, -0.15) is 0 Å². The van der Waals surface area contributed by atoms with Crippen molar-refractivity contribution in [2.24, 2.45) is 0 Å². The number of unbranched alkanes of at least 4 members (excludes halogenated alkanes) is 2. The van der Waals surface area contributed by atoms with Gasteiger partial charge in [0.05, 0.1) is 0 Å². The van der Waals surface area contributed by atoms with Gasteiger partial charge in [0, 0.05) is 6.42 Å². The van der Waals surface area contributed by atoms with Crippen molar-refractivity contribution in [1.82, 2.24) is 0 Å². The molecule has 0 atom stereocenters. The number of hydrogen-bond acceptors (Lipinski definition) is 1. The zero-order valence-corrected chi connectivity index (χ0v) is 8.34. The van der Waals surface area contributed by atoms with E-state index >= 15 is 0 Å². The highest BCUT2D eigenvalue weighted by atomic mass is 16.4. The van der Waals surface area contributed by atoms with Gasteiger partial charge in [0.1, 0.15) is 0 Å². The molecule has 0 bridgehead atoms. The molecule has 12 heavy (non-hydrogen) atoms. The van der Waals surface area contributed by atoms with Gasteiger partial charge in [-0.05, 0) is 13.3 Å². The van der Waals surface area contributed by atoms with Crippen LogP contribution in [0.5, 0.6) is 0 Å². The second kappa shape index (κ2) is 12.8. The zero-order valence-electron chi connectivity index (χ0n) is 8.34. The average Bonchev–Trinajstić information content (AvgIpc) is 2.07. The van der Waals surface area contributed by atoms with Crippen LogP contribution in [0, 0.1) is 0 Å². The second-order valence-electron chi connectivity index (χ2n) is 2.46. The number of carbonyl (C=O) groups is 1. The van der Waals surface area contributed by atoms with Gasteiger partial charge < -0.3 is 5.11 Å². The van der Waals surface area contributed by atoms with Crippen molar-refractivity contribution in [1.29, 1.82) is 0 Å². The van der Waals surface area contributed by atoms with Gasteiger partial charge >= 0.3 is 5.97 Å². The number of hydrogen-bond donors (Lipinski definition) is 1. The lowest BCUT2D eigenvalue weighted by atomic mass is 10.2. The summed E-state index contributed by atoms with van der Waals surface area (Å²) in [6.45, 7) is 5.88. The lowest BCUT2D eigenvalue weighted by Crippen LogP contribution is -1.86. The fourth-order valence-electron chi connectivity index (χ4n) is 0.489. The SMILES string of the molecule is CC=CCCCC.CCC(=O)O. The van der Waals surface area contributed by atoms with Crippen molar-refractivity contribution >= 4 is 5.97 Å². The Morgan fingerprint density at radius 3 is 2.17 bits per heavy atom. The minimum absolute atomic E-state index is 0.222. The summed E-state index contributed by atoms with van der Waals surface area (Å²) in [4.78, 5) is 9.37. The molecule has 0 aromatic rings. The summed E-state index contributed by atoms with van der Waals surface area (Å²) in [6, 6.07) is 0. The first-order chi connectivity index (χ1) is 5.68. The minimum atomic E-state index is -0.745. The van der Waals surface area contributed by atoms with Crippen LogP contribution in [0.4, 0.5) is 0 Å². The quantitative estimate of drug-likeness (QED) is 0.522. The van der Waals surface area contributed by atoms with E-state index in [1.807, 2.05) is 0 Å².